The Morgan fingerprint density at radius 2 is 1.46 bits per heavy atom. The number of hydrogen-bond acceptors (Lipinski definition) is 0. The van der Waals surface area contributed by atoms with E-state index in [1.807, 2.05) is 0 Å². The molecule has 0 saturated carbocycles. The van der Waals surface area contributed by atoms with E-state index >= 15 is 0 Å². The van der Waals surface area contributed by atoms with Crippen LogP contribution in [0.15, 0.2) is 0 Å². The predicted molar refractivity (Wildman–Crippen MR) is 70.6 cm³/mol. The molecule has 0 fully saturated rings. The zero-order valence-electron chi connectivity index (χ0n) is 9.31. The summed E-state index contributed by atoms with van der Waals surface area (Å²) >= 11 is 0. The molecule has 0 aliphatic carbocycles. The number of hydrogen-bond donors (Lipinski definition) is 0. The number of rotatable bonds is 8. The van der Waals surface area contributed by atoms with Gasteiger partial charge in [-0.25, -0.2) is 0 Å². The monoisotopic (exact) mass is 220 g/mol. The van der Waals surface area contributed by atoms with E-state index in [9.17, 15) is 0 Å². The van der Waals surface area contributed by atoms with Gasteiger partial charge < -0.3 is 0 Å². The Kier molecular flexibility index (Phi) is 8.73. The molecular weight excluding hydrogens is 194 g/mol. The van der Waals surface area contributed by atoms with Crippen molar-refractivity contribution in [3.8, 4) is 0 Å². The molecule has 2 heteroatoms. The highest BCUT2D eigenvalue weighted by Gasteiger charge is 2.24. The van der Waals surface area contributed by atoms with Crippen LogP contribution in [0.3, 0.4) is 0 Å². The molecule has 0 nitrogen and oxygen atoms in total. The first kappa shape index (κ1) is 13.9. The van der Waals surface area contributed by atoms with Crippen molar-refractivity contribution < 1.29 is 0 Å². The summed E-state index contributed by atoms with van der Waals surface area (Å²) in [6.45, 7) is 4.58. The van der Waals surface area contributed by atoms with Crippen LogP contribution in [0, 0.1) is 5.41 Å². The minimum Gasteiger partial charge on any atom is -0.137 e. The smallest absolute Gasteiger partial charge is 0.0229 e. The molecule has 0 saturated heterocycles. The third-order valence-electron chi connectivity index (χ3n) is 2.96. The minimum absolute atomic E-state index is 0.610. The second kappa shape index (κ2) is 8.19. The summed E-state index contributed by atoms with van der Waals surface area (Å²) in [5.74, 6) is 0. The standard InChI is InChI=1S/C11H26P2/c1-3-5-6-8-11(9-12,10-13)7-4-2/h3-10,12-13H2,1-2H3. The van der Waals surface area contributed by atoms with Gasteiger partial charge >= 0.3 is 0 Å². The molecule has 80 valence electrons. The second-order valence-corrected chi connectivity index (χ2v) is 4.93. The average molecular weight is 220 g/mol. The van der Waals surface area contributed by atoms with E-state index in [-0.39, 0.29) is 0 Å². The summed E-state index contributed by atoms with van der Waals surface area (Å²) in [4.78, 5) is 0. The summed E-state index contributed by atoms with van der Waals surface area (Å²) in [5.41, 5.74) is 0.610. The topological polar surface area (TPSA) is 0 Å². The van der Waals surface area contributed by atoms with Gasteiger partial charge in [-0.15, -0.1) is 18.5 Å². The molecule has 0 spiro atoms. The Labute approximate surface area is 89.0 Å². The van der Waals surface area contributed by atoms with E-state index in [0.717, 1.165) is 0 Å². The van der Waals surface area contributed by atoms with Crippen molar-refractivity contribution in [3.05, 3.63) is 0 Å². The van der Waals surface area contributed by atoms with Gasteiger partial charge in [-0.3, -0.25) is 0 Å². The van der Waals surface area contributed by atoms with Crippen molar-refractivity contribution >= 4 is 18.5 Å². The second-order valence-electron chi connectivity index (χ2n) is 4.12. The van der Waals surface area contributed by atoms with Crippen molar-refractivity contribution in [2.24, 2.45) is 5.41 Å². The van der Waals surface area contributed by atoms with Gasteiger partial charge in [0.15, 0.2) is 0 Å². The van der Waals surface area contributed by atoms with E-state index in [1.165, 1.54) is 50.8 Å². The molecule has 0 amide bonds. The maximum Gasteiger partial charge on any atom is -0.0229 e. The quantitative estimate of drug-likeness (QED) is 0.426. The van der Waals surface area contributed by atoms with Crippen LogP contribution in [-0.2, 0) is 0 Å². The molecular formula is C11H26P2. The first-order valence-corrected chi connectivity index (χ1v) is 7.28. The molecule has 0 radical (unpaired) electrons. The zero-order chi connectivity index (χ0) is 10.2. The lowest BCUT2D eigenvalue weighted by molar-refractivity contribution is 0.308. The predicted octanol–water partition coefficient (Wildman–Crippen LogP) is 4.10. The van der Waals surface area contributed by atoms with Gasteiger partial charge in [-0.2, -0.15) is 0 Å². The molecule has 0 N–H and O–H groups in total. The lowest BCUT2D eigenvalue weighted by Gasteiger charge is -2.31. The van der Waals surface area contributed by atoms with Crippen molar-refractivity contribution in [1.29, 1.82) is 0 Å². The highest BCUT2D eigenvalue weighted by molar-refractivity contribution is 7.17. The molecule has 0 aliphatic heterocycles. The van der Waals surface area contributed by atoms with Crippen LogP contribution >= 0.6 is 18.5 Å². The summed E-state index contributed by atoms with van der Waals surface area (Å²) in [6.07, 6.45) is 10.8. The Morgan fingerprint density at radius 3 is 1.85 bits per heavy atom. The van der Waals surface area contributed by atoms with E-state index < -0.39 is 0 Å². The summed E-state index contributed by atoms with van der Waals surface area (Å²) < 4.78 is 0. The van der Waals surface area contributed by atoms with Crippen LogP contribution in [0.5, 0.6) is 0 Å². The Hall–Kier alpha value is 0.860. The van der Waals surface area contributed by atoms with Crippen molar-refractivity contribution in [1.82, 2.24) is 0 Å². The number of unbranched alkanes of at least 4 members (excludes halogenated alkanes) is 2. The third kappa shape index (κ3) is 5.34. The molecule has 0 aromatic rings. The first-order chi connectivity index (χ1) is 6.24. The molecule has 0 aromatic carbocycles. The van der Waals surface area contributed by atoms with Gasteiger partial charge in [0.1, 0.15) is 0 Å². The maximum absolute atomic E-state index is 2.94. The Balaban J connectivity index is 3.89. The summed E-state index contributed by atoms with van der Waals surface area (Å²) in [5, 5.41) is 0. The fraction of sp³-hybridized carbons (Fsp3) is 1.00. The van der Waals surface area contributed by atoms with Crippen LogP contribution in [0.2, 0.25) is 0 Å². The third-order valence-corrected chi connectivity index (χ3v) is 4.69. The van der Waals surface area contributed by atoms with Gasteiger partial charge in [0.2, 0.25) is 0 Å². The van der Waals surface area contributed by atoms with Gasteiger partial charge in [-0.1, -0.05) is 39.5 Å². The highest BCUT2D eigenvalue weighted by Crippen LogP contribution is 2.34. The van der Waals surface area contributed by atoms with Crippen molar-refractivity contribution in [2.45, 2.75) is 52.4 Å². The average Bonchev–Trinajstić information content (AvgIpc) is 2.17. The minimum atomic E-state index is 0.610. The Morgan fingerprint density at radius 1 is 0.846 bits per heavy atom. The SMILES string of the molecule is CCCCCC(CP)(CP)CCC. The largest absolute Gasteiger partial charge is 0.137 e. The van der Waals surface area contributed by atoms with Crippen molar-refractivity contribution in [2.75, 3.05) is 12.3 Å². The van der Waals surface area contributed by atoms with Crippen molar-refractivity contribution in [3.63, 3.8) is 0 Å². The lowest BCUT2D eigenvalue weighted by atomic mass is 9.82. The maximum atomic E-state index is 2.94. The normalized spacial score (nSPS) is 12.0. The van der Waals surface area contributed by atoms with Gasteiger partial charge in [0.05, 0.1) is 0 Å². The van der Waals surface area contributed by atoms with Crippen LogP contribution in [-0.4, -0.2) is 12.3 Å². The van der Waals surface area contributed by atoms with Crippen LogP contribution in [0.1, 0.15) is 52.4 Å². The van der Waals surface area contributed by atoms with Gasteiger partial charge in [-0.05, 0) is 30.6 Å². The summed E-state index contributed by atoms with van der Waals surface area (Å²) in [7, 11) is 5.88. The Bertz CT molecular complexity index is 109. The van der Waals surface area contributed by atoms with Gasteiger partial charge in [0, 0.05) is 0 Å². The fourth-order valence-electron chi connectivity index (χ4n) is 1.90. The zero-order valence-corrected chi connectivity index (χ0v) is 11.6. The molecule has 2 atom stereocenters. The molecule has 2 unspecified atom stereocenters. The van der Waals surface area contributed by atoms with Crippen LogP contribution < -0.4 is 0 Å². The van der Waals surface area contributed by atoms with E-state index in [1.54, 1.807) is 0 Å². The molecule has 0 rings (SSSR count). The summed E-state index contributed by atoms with van der Waals surface area (Å²) in [6, 6.07) is 0. The molecule has 13 heavy (non-hydrogen) atoms. The molecule has 0 aliphatic rings. The first-order valence-electron chi connectivity index (χ1n) is 5.64. The molecule has 0 heterocycles. The lowest BCUT2D eigenvalue weighted by Crippen LogP contribution is -2.24. The highest BCUT2D eigenvalue weighted by atomic mass is 31.0. The fourth-order valence-corrected chi connectivity index (χ4v) is 3.38. The van der Waals surface area contributed by atoms with E-state index in [0.29, 0.717) is 5.41 Å². The van der Waals surface area contributed by atoms with E-state index in [4.69, 9.17) is 0 Å². The van der Waals surface area contributed by atoms with Crippen LogP contribution in [0.4, 0.5) is 0 Å². The molecule has 0 aromatic heterocycles. The van der Waals surface area contributed by atoms with Gasteiger partial charge in [0.25, 0.3) is 0 Å². The molecule has 0 bridgehead atoms. The van der Waals surface area contributed by atoms with E-state index in [2.05, 4.69) is 32.3 Å². The van der Waals surface area contributed by atoms with Crippen LogP contribution in [0.25, 0.3) is 0 Å².